The first kappa shape index (κ1) is 28.4. The van der Waals surface area contributed by atoms with Crippen LogP contribution in [0.15, 0.2) is 107 Å². The fourth-order valence-electron chi connectivity index (χ4n) is 4.16. The lowest BCUT2D eigenvalue weighted by atomic mass is 10.1. The van der Waals surface area contributed by atoms with Gasteiger partial charge in [0.1, 0.15) is 5.82 Å². The minimum absolute atomic E-state index is 0.0657. The normalized spacial score (nSPS) is 11.3. The molecule has 0 aliphatic heterocycles. The molecule has 0 bridgehead atoms. The number of fused-ring (bicyclic) bond motifs is 1. The van der Waals surface area contributed by atoms with Crippen molar-refractivity contribution in [3.63, 3.8) is 0 Å². The Morgan fingerprint density at radius 3 is 2.30 bits per heavy atom. The number of halogens is 2. The van der Waals surface area contributed by atoms with E-state index in [-0.39, 0.29) is 22.7 Å². The number of hydrogen-bond donors (Lipinski definition) is 2. The Bertz CT molecular complexity index is 1950. The molecule has 6 rings (SSSR count). The average molecular weight is 627 g/mol. The number of carbonyl (C=O) groups excluding carboxylic acids is 2. The summed E-state index contributed by atoms with van der Waals surface area (Å²) in [7, 11) is 0. The van der Waals surface area contributed by atoms with Crippen LogP contribution in [-0.4, -0.2) is 37.6 Å². The Kier molecular flexibility index (Phi) is 8.37. The smallest absolute Gasteiger partial charge is 0.277 e. The van der Waals surface area contributed by atoms with Crippen LogP contribution in [0.3, 0.4) is 0 Å². The van der Waals surface area contributed by atoms with Crippen molar-refractivity contribution in [2.45, 2.75) is 5.22 Å². The highest BCUT2D eigenvalue weighted by Crippen LogP contribution is 2.28. The molecule has 8 nitrogen and oxygen atoms in total. The largest absolute Gasteiger partial charge is 0.411 e. The van der Waals surface area contributed by atoms with E-state index >= 15 is 0 Å². The first-order chi connectivity index (χ1) is 20.9. The number of allylic oxidation sites excluding steroid dienone is 1. The number of aromatic nitrogens is 4. The van der Waals surface area contributed by atoms with E-state index in [4.69, 9.17) is 27.6 Å². The predicted molar refractivity (Wildman–Crippen MR) is 170 cm³/mol. The lowest BCUT2D eigenvalue weighted by Crippen LogP contribution is -2.14. The third kappa shape index (κ3) is 7.03. The molecular formula is C32H21Cl2N5O3S. The Labute approximate surface area is 260 Å². The lowest BCUT2D eigenvalue weighted by Gasteiger charge is -2.05. The number of H-pyrrole nitrogens is 1. The molecule has 0 radical (unpaired) electrons. The number of rotatable bonds is 9. The van der Waals surface area contributed by atoms with Crippen molar-refractivity contribution in [2.24, 2.45) is 0 Å². The SMILES string of the molecule is O=C(CSc1nnc(-c2ccc3nc(-c4ccc(Cl)cc4)[nH]c3c2)o1)Nc1ccc(C(=O)/C=C/c2ccc(Cl)cc2)cc1. The first-order valence-corrected chi connectivity index (χ1v) is 14.7. The van der Waals surface area contributed by atoms with Crippen LogP contribution in [0.2, 0.25) is 10.0 Å². The maximum Gasteiger partial charge on any atom is 0.277 e. The highest BCUT2D eigenvalue weighted by Gasteiger charge is 2.14. The van der Waals surface area contributed by atoms with E-state index in [1.165, 1.54) is 6.08 Å². The molecule has 212 valence electrons. The van der Waals surface area contributed by atoms with Gasteiger partial charge in [-0.15, -0.1) is 10.2 Å². The van der Waals surface area contributed by atoms with Gasteiger partial charge in [-0.25, -0.2) is 4.98 Å². The molecule has 2 heterocycles. The molecule has 0 saturated heterocycles. The number of amides is 1. The van der Waals surface area contributed by atoms with Crippen LogP contribution in [-0.2, 0) is 4.79 Å². The molecule has 0 atom stereocenters. The number of nitrogens with zero attached hydrogens (tertiary/aromatic N) is 3. The van der Waals surface area contributed by atoms with Gasteiger partial charge < -0.3 is 14.7 Å². The van der Waals surface area contributed by atoms with Crippen molar-refractivity contribution in [2.75, 3.05) is 11.1 Å². The molecule has 43 heavy (non-hydrogen) atoms. The van der Waals surface area contributed by atoms with Gasteiger partial charge in [-0.2, -0.15) is 0 Å². The standard InChI is InChI=1S/C32H21Cl2N5O3S/c33-23-9-1-19(2-10-23)3-16-28(40)20-6-13-25(14-7-20)35-29(41)18-43-32-39-38-31(42-32)22-8-15-26-27(17-22)37-30(36-26)21-4-11-24(34)12-5-21/h1-17H,18H2,(H,35,41)(H,36,37)/b16-3+. The first-order valence-electron chi connectivity index (χ1n) is 13.0. The van der Waals surface area contributed by atoms with Gasteiger partial charge in [-0.05, 0) is 90.5 Å². The van der Waals surface area contributed by atoms with Crippen LogP contribution in [0.4, 0.5) is 5.69 Å². The van der Waals surface area contributed by atoms with Crippen LogP contribution in [0.1, 0.15) is 15.9 Å². The van der Waals surface area contributed by atoms with E-state index in [0.29, 0.717) is 27.2 Å². The molecule has 0 fully saturated rings. The van der Waals surface area contributed by atoms with Gasteiger partial charge in [0.05, 0.1) is 16.8 Å². The van der Waals surface area contributed by atoms with Crippen molar-refractivity contribution < 1.29 is 14.0 Å². The Morgan fingerprint density at radius 2 is 1.56 bits per heavy atom. The van der Waals surface area contributed by atoms with Crippen LogP contribution in [0.25, 0.3) is 40.0 Å². The van der Waals surface area contributed by atoms with E-state index in [1.807, 2.05) is 54.6 Å². The summed E-state index contributed by atoms with van der Waals surface area (Å²) in [5.74, 6) is 0.724. The maximum atomic E-state index is 12.5. The quantitative estimate of drug-likeness (QED) is 0.0945. The number of aromatic amines is 1. The lowest BCUT2D eigenvalue weighted by molar-refractivity contribution is -0.113. The monoisotopic (exact) mass is 625 g/mol. The van der Waals surface area contributed by atoms with Crippen LogP contribution >= 0.6 is 35.0 Å². The Balaban J connectivity index is 1.03. The van der Waals surface area contributed by atoms with E-state index < -0.39 is 0 Å². The zero-order valence-electron chi connectivity index (χ0n) is 22.3. The summed E-state index contributed by atoms with van der Waals surface area (Å²) in [6.45, 7) is 0. The number of ketones is 1. The van der Waals surface area contributed by atoms with Gasteiger partial charge in [-0.3, -0.25) is 9.59 Å². The Hall–Kier alpha value is -4.70. The summed E-state index contributed by atoms with van der Waals surface area (Å²) < 4.78 is 5.79. The zero-order valence-corrected chi connectivity index (χ0v) is 24.6. The number of benzene rings is 4. The maximum absolute atomic E-state index is 12.5. The van der Waals surface area contributed by atoms with Crippen molar-refractivity contribution in [1.82, 2.24) is 20.2 Å². The Morgan fingerprint density at radius 1 is 0.860 bits per heavy atom. The molecule has 2 N–H and O–H groups in total. The summed E-state index contributed by atoms with van der Waals surface area (Å²) in [6, 6.07) is 26.9. The van der Waals surface area contributed by atoms with E-state index in [2.05, 4.69) is 25.5 Å². The van der Waals surface area contributed by atoms with Gasteiger partial charge in [-0.1, -0.05) is 53.2 Å². The molecular weight excluding hydrogens is 605 g/mol. The molecule has 0 unspecified atom stereocenters. The minimum Gasteiger partial charge on any atom is -0.411 e. The number of imidazole rings is 1. The molecule has 1 amide bonds. The van der Waals surface area contributed by atoms with Crippen molar-refractivity contribution in [3.05, 3.63) is 118 Å². The van der Waals surface area contributed by atoms with Crippen molar-refractivity contribution >= 4 is 69.5 Å². The van der Waals surface area contributed by atoms with Crippen LogP contribution in [0.5, 0.6) is 0 Å². The molecule has 0 aliphatic carbocycles. The molecule has 0 spiro atoms. The molecule has 11 heteroatoms. The van der Waals surface area contributed by atoms with Crippen LogP contribution < -0.4 is 5.32 Å². The zero-order chi connectivity index (χ0) is 29.8. The number of nitrogens with one attached hydrogen (secondary N) is 2. The molecule has 2 aromatic heterocycles. The highest BCUT2D eigenvalue weighted by atomic mass is 35.5. The summed E-state index contributed by atoms with van der Waals surface area (Å²) in [5, 5.41) is 12.6. The van der Waals surface area contributed by atoms with Crippen LogP contribution in [0, 0.1) is 0 Å². The highest BCUT2D eigenvalue weighted by molar-refractivity contribution is 7.99. The summed E-state index contributed by atoms with van der Waals surface area (Å²) in [6.07, 6.45) is 3.22. The average Bonchev–Trinajstić information content (AvgIpc) is 3.67. The van der Waals surface area contributed by atoms with Crippen molar-refractivity contribution in [3.8, 4) is 22.8 Å². The van der Waals surface area contributed by atoms with Crippen molar-refractivity contribution in [1.29, 1.82) is 0 Å². The van der Waals surface area contributed by atoms with Gasteiger partial charge in [0, 0.05) is 32.4 Å². The third-order valence-electron chi connectivity index (χ3n) is 6.33. The van der Waals surface area contributed by atoms with Gasteiger partial charge in [0.15, 0.2) is 5.78 Å². The molecule has 0 aliphatic rings. The second-order valence-electron chi connectivity index (χ2n) is 9.36. The third-order valence-corrected chi connectivity index (χ3v) is 7.65. The summed E-state index contributed by atoms with van der Waals surface area (Å²) in [4.78, 5) is 32.9. The van der Waals surface area contributed by atoms with Gasteiger partial charge in [0.2, 0.25) is 11.8 Å². The number of thioether (sulfide) groups is 1. The second-order valence-corrected chi connectivity index (χ2v) is 11.2. The summed E-state index contributed by atoms with van der Waals surface area (Å²) in [5.41, 5.74) is 5.20. The number of carbonyl (C=O) groups is 2. The summed E-state index contributed by atoms with van der Waals surface area (Å²) >= 11 is 13.0. The van der Waals surface area contributed by atoms with E-state index in [9.17, 15) is 9.59 Å². The minimum atomic E-state index is -0.250. The number of hydrogen-bond acceptors (Lipinski definition) is 7. The van der Waals surface area contributed by atoms with E-state index in [0.717, 1.165) is 45.3 Å². The number of anilines is 1. The second kappa shape index (κ2) is 12.7. The predicted octanol–water partition coefficient (Wildman–Crippen LogP) is 8.21. The van der Waals surface area contributed by atoms with Gasteiger partial charge >= 0.3 is 0 Å². The molecule has 0 saturated carbocycles. The molecule has 4 aromatic carbocycles. The fraction of sp³-hybridized carbons (Fsp3) is 0.0312. The van der Waals surface area contributed by atoms with Gasteiger partial charge in [0.25, 0.3) is 5.22 Å². The fourth-order valence-corrected chi connectivity index (χ4v) is 4.97. The van der Waals surface area contributed by atoms with E-state index in [1.54, 1.807) is 42.5 Å². The molecule has 6 aromatic rings. The topological polar surface area (TPSA) is 114 Å².